The normalized spacial score (nSPS) is 17.4. The van der Waals surface area contributed by atoms with E-state index in [1.165, 1.54) is 43.4 Å². The average Bonchev–Trinajstić information content (AvgIpc) is 3.00. The molecule has 2 aliphatic rings. The van der Waals surface area contributed by atoms with Gasteiger partial charge in [-0.15, -0.1) is 0 Å². The van der Waals surface area contributed by atoms with E-state index in [0.717, 1.165) is 32.1 Å². The molecule has 1 N–H and O–H groups in total. The van der Waals surface area contributed by atoms with Crippen LogP contribution in [0.1, 0.15) is 43.7 Å². The molecule has 8 nitrogen and oxygen atoms in total. The van der Waals surface area contributed by atoms with Gasteiger partial charge in [-0.2, -0.15) is 0 Å². The fraction of sp³-hybridized carbons (Fsp3) is 0.355. The van der Waals surface area contributed by atoms with Gasteiger partial charge in [0.05, 0.1) is 14.2 Å². The highest BCUT2D eigenvalue weighted by Gasteiger charge is 2.40. The van der Waals surface area contributed by atoms with Crippen molar-refractivity contribution in [2.75, 3.05) is 25.7 Å². The number of rotatable bonds is 8. The number of benzene rings is 3. The number of carbonyl (C=O) groups is 2. The van der Waals surface area contributed by atoms with Gasteiger partial charge in [0.1, 0.15) is 18.5 Å². The average molecular weight is 549 g/mol. The van der Waals surface area contributed by atoms with Crippen LogP contribution >= 0.6 is 0 Å². The molecule has 3 aromatic rings. The third-order valence-electron chi connectivity index (χ3n) is 7.31. The molecule has 0 saturated heterocycles. The van der Waals surface area contributed by atoms with Crippen LogP contribution in [0.3, 0.4) is 0 Å². The molecule has 3 aromatic carbocycles. The molecule has 1 saturated carbocycles. The standard InChI is InChI=1S/C31H33FN2O6/c1-37-24-17-12-20(18-27(24)38-2)29(30(35)33-22-8-4-3-5-9-22)34(23-15-13-21(32)14-16-23)31(36)28-19-39-25-10-6-7-11-26(25)40-28/h6-7,10-18,22,28-29H,3-5,8-9,19H2,1-2H3,(H,33,35)/t28-,29+/m1/s1. The number of nitrogens with zero attached hydrogens (tertiary/aromatic N) is 1. The van der Waals surface area contributed by atoms with E-state index >= 15 is 0 Å². The Morgan fingerprint density at radius 3 is 2.33 bits per heavy atom. The summed E-state index contributed by atoms with van der Waals surface area (Å²) in [7, 11) is 3.03. The van der Waals surface area contributed by atoms with Gasteiger partial charge in [0.25, 0.3) is 5.91 Å². The molecule has 1 aliphatic carbocycles. The monoisotopic (exact) mass is 548 g/mol. The number of nitrogens with one attached hydrogen (secondary N) is 1. The largest absolute Gasteiger partial charge is 0.493 e. The number of ether oxygens (including phenoxy) is 4. The van der Waals surface area contributed by atoms with E-state index in [1.54, 1.807) is 36.4 Å². The predicted octanol–water partition coefficient (Wildman–Crippen LogP) is 5.21. The highest BCUT2D eigenvalue weighted by Crippen LogP contribution is 2.37. The highest BCUT2D eigenvalue weighted by molar-refractivity contribution is 6.03. The lowest BCUT2D eigenvalue weighted by molar-refractivity contribution is -0.132. The van der Waals surface area contributed by atoms with Crippen molar-refractivity contribution in [3.63, 3.8) is 0 Å². The zero-order valence-electron chi connectivity index (χ0n) is 22.6. The van der Waals surface area contributed by atoms with E-state index in [1.807, 2.05) is 6.07 Å². The summed E-state index contributed by atoms with van der Waals surface area (Å²) in [5.41, 5.74) is 0.841. The molecule has 9 heteroatoms. The zero-order valence-corrected chi connectivity index (χ0v) is 22.6. The third-order valence-corrected chi connectivity index (χ3v) is 7.31. The molecule has 1 fully saturated rings. The first-order chi connectivity index (χ1) is 19.5. The molecule has 0 unspecified atom stereocenters. The van der Waals surface area contributed by atoms with Gasteiger partial charge in [0.15, 0.2) is 23.0 Å². The molecule has 0 radical (unpaired) electrons. The van der Waals surface area contributed by atoms with Crippen molar-refractivity contribution in [1.29, 1.82) is 0 Å². The Labute approximate surface area is 233 Å². The smallest absolute Gasteiger partial charge is 0.272 e. The summed E-state index contributed by atoms with van der Waals surface area (Å²) in [5, 5.41) is 3.17. The Morgan fingerprint density at radius 1 is 0.925 bits per heavy atom. The molecule has 1 heterocycles. The van der Waals surface area contributed by atoms with Crippen molar-refractivity contribution in [3.05, 3.63) is 78.1 Å². The van der Waals surface area contributed by atoms with Crippen molar-refractivity contribution in [2.24, 2.45) is 0 Å². The van der Waals surface area contributed by atoms with Crippen molar-refractivity contribution in [2.45, 2.75) is 50.3 Å². The van der Waals surface area contributed by atoms with Gasteiger partial charge in [-0.05, 0) is 66.9 Å². The van der Waals surface area contributed by atoms with Gasteiger partial charge in [0.2, 0.25) is 12.0 Å². The van der Waals surface area contributed by atoms with Crippen molar-refractivity contribution in [3.8, 4) is 23.0 Å². The lowest BCUT2D eigenvalue weighted by atomic mass is 9.94. The van der Waals surface area contributed by atoms with Gasteiger partial charge in [-0.1, -0.05) is 37.5 Å². The number of carbonyl (C=O) groups excluding carboxylic acids is 2. The van der Waals surface area contributed by atoms with Crippen LogP contribution in [-0.2, 0) is 9.59 Å². The summed E-state index contributed by atoms with van der Waals surface area (Å²) in [5.74, 6) is 0.545. The quantitative estimate of drug-likeness (QED) is 0.416. The molecule has 1 aliphatic heterocycles. The van der Waals surface area contributed by atoms with Crippen LogP contribution in [0.15, 0.2) is 66.7 Å². The highest BCUT2D eigenvalue weighted by atomic mass is 19.1. The van der Waals surface area contributed by atoms with E-state index in [-0.39, 0.29) is 18.6 Å². The van der Waals surface area contributed by atoms with Gasteiger partial charge in [0, 0.05) is 11.7 Å². The number of fused-ring (bicyclic) bond motifs is 1. The van der Waals surface area contributed by atoms with Crippen LogP contribution in [-0.4, -0.2) is 44.8 Å². The Hall–Kier alpha value is -4.27. The summed E-state index contributed by atoms with van der Waals surface area (Å²) >= 11 is 0. The van der Waals surface area contributed by atoms with Crippen molar-refractivity contribution >= 4 is 17.5 Å². The number of hydrogen-bond donors (Lipinski definition) is 1. The van der Waals surface area contributed by atoms with E-state index in [4.69, 9.17) is 18.9 Å². The first-order valence-corrected chi connectivity index (χ1v) is 13.5. The maximum Gasteiger partial charge on any atom is 0.272 e. The van der Waals surface area contributed by atoms with Gasteiger partial charge in [-0.3, -0.25) is 14.5 Å². The number of methoxy groups -OCH3 is 2. The molecular formula is C31H33FN2O6. The first kappa shape index (κ1) is 27.3. The second kappa shape index (κ2) is 12.3. The number of para-hydroxylation sites is 2. The molecule has 5 rings (SSSR count). The summed E-state index contributed by atoms with van der Waals surface area (Å²) < 4.78 is 36.8. The SMILES string of the molecule is COc1ccc([C@@H](C(=O)NC2CCCCC2)N(C(=O)[C@H]2COc3ccccc3O2)c2ccc(F)cc2)cc1OC. The third kappa shape index (κ3) is 5.83. The minimum atomic E-state index is -1.11. The lowest BCUT2D eigenvalue weighted by Gasteiger charge is -2.36. The molecule has 40 heavy (non-hydrogen) atoms. The number of hydrogen-bond acceptors (Lipinski definition) is 6. The fourth-order valence-corrected chi connectivity index (χ4v) is 5.27. The van der Waals surface area contributed by atoms with Gasteiger partial charge >= 0.3 is 0 Å². The van der Waals surface area contributed by atoms with Gasteiger partial charge in [-0.25, -0.2) is 4.39 Å². The van der Waals surface area contributed by atoms with Gasteiger partial charge < -0.3 is 24.3 Å². The second-order valence-corrected chi connectivity index (χ2v) is 9.91. The maximum absolute atomic E-state index is 14.3. The Bertz CT molecular complexity index is 1340. The zero-order chi connectivity index (χ0) is 28.1. The molecule has 0 aromatic heterocycles. The molecular weight excluding hydrogens is 515 g/mol. The van der Waals surface area contributed by atoms with E-state index in [0.29, 0.717) is 34.2 Å². The molecule has 210 valence electrons. The number of anilines is 1. The Balaban J connectivity index is 1.58. The van der Waals surface area contributed by atoms with Crippen LogP contribution in [0.2, 0.25) is 0 Å². The predicted molar refractivity (Wildman–Crippen MR) is 148 cm³/mol. The summed E-state index contributed by atoms with van der Waals surface area (Å²) in [6.07, 6.45) is 3.88. The lowest BCUT2D eigenvalue weighted by Crippen LogP contribution is -2.52. The van der Waals surface area contributed by atoms with E-state index < -0.39 is 23.9 Å². The maximum atomic E-state index is 14.3. The minimum absolute atomic E-state index is 0.00444. The van der Waals surface area contributed by atoms with Crippen LogP contribution in [0.5, 0.6) is 23.0 Å². The van der Waals surface area contributed by atoms with Crippen LogP contribution in [0, 0.1) is 5.82 Å². The van der Waals surface area contributed by atoms with Crippen LogP contribution in [0.4, 0.5) is 10.1 Å². The Morgan fingerprint density at radius 2 is 1.62 bits per heavy atom. The topological polar surface area (TPSA) is 86.3 Å². The minimum Gasteiger partial charge on any atom is -0.493 e. The molecule has 2 atom stereocenters. The summed E-state index contributed by atoms with van der Waals surface area (Å²) in [6.45, 7) is -0.0452. The Kier molecular flexibility index (Phi) is 8.38. The first-order valence-electron chi connectivity index (χ1n) is 13.5. The van der Waals surface area contributed by atoms with Crippen LogP contribution < -0.4 is 29.2 Å². The van der Waals surface area contributed by atoms with Crippen LogP contribution in [0.25, 0.3) is 0 Å². The molecule has 2 amide bonds. The number of halogens is 1. The van der Waals surface area contributed by atoms with Crippen molar-refractivity contribution < 1.29 is 32.9 Å². The molecule has 0 bridgehead atoms. The summed E-state index contributed by atoms with van der Waals surface area (Å²) in [4.78, 5) is 29.7. The fourth-order valence-electron chi connectivity index (χ4n) is 5.27. The molecule has 0 spiro atoms. The van der Waals surface area contributed by atoms with E-state index in [2.05, 4.69) is 5.32 Å². The second-order valence-electron chi connectivity index (χ2n) is 9.91. The number of amides is 2. The van der Waals surface area contributed by atoms with Crippen molar-refractivity contribution in [1.82, 2.24) is 5.32 Å². The van der Waals surface area contributed by atoms with E-state index in [9.17, 15) is 14.0 Å². The summed E-state index contributed by atoms with van der Waals surface area (Å²) in [6, 6.07) is 16.5.